The molecule has 0 spiro atoms. The largest absolute Gasteiger partial charge is 0.481 e. The van der Waals surface area contributed by atoms with E-state index in [1.165, 1.54) is 0 Å². The number of ether oxygens (including phenoxy) is 1. The highest BCUT2D eigenvalue weighted by Crippen LogP contribution is 2.25. The molecule has 2 rings (SSSR count). The molecule has 1 saturated heterocycles. The second-order valence-corrected chi connectivity index (χ2v) is 7.03. The standard InChI is InChI=1S/C11H19NO5S/c13-11(14)8-1-3-9(4-2-8)12-18(15,16)10-5-6-17-7-10/h8-10,12H,1-7H2,(H,13,14). The van der Waals surface area contributed by atoms with Crippen LogP contribution >= 0.6 is 0 Å². The van der Waals surface area contributed by atoms with E-state index in [0.717, 1.165) is 0 Å². The van der Waals surface area contributed by atoms with E-state index in [4.69, 9.17) is 9.84 Å². The van der Waals surface area contributed by atoms with E-state index in [-0.39, 0.29) is 18.6 Å². The summed E-state index contributed by atoms with van der Waals surface area (Å²) in [6.45, 7) is 0.761. The molecule has 2 fully saturated rings. The topological polar surface area (TPSA) is 92.7 Å². The van der Waals surface area contributed by atoms with Gasteiger partial charge in [0.25, 0.3) is 0 Å². The maximum Gasteiger partial charge on any atom is 0.306 e. The predicted octanol–water partition coefficient (Wildman–Crippen LogP) is 0.338. The van der Waals surface area contributed by atoms with Crippen molar-refractivity contribution in [3.05, 3.63) is 0 Å². The van der Waals surface area contributed by atoms with Crippen LogP contribution in [0.25, 0.3) is 0 Å². The number of sulfonamides is 1. The van der Waals surface area contributed by atoms with Crippen LogP contribution in [0.2, 0.25) is 0 Å². The molecule has 0 aromatic heterocycles. The van der Waals surface area contributed by atoms with Gasteiger partial charge < -0.3 is 9.84 Å². The molecule has 2 N–H and O–H groups in total. The van der Waals surface area contributed by atoms with Crippen molar-refractivity contribution in [1.29, 1.82) is 0 Å². The highest BCUT2D eigenvalue weighted by Gasteiger charge is 2.33. The molecule has 18 heavy (non-hydrogen) atoms. The van der Waals surface area contributed by atoms with E-state index >= 15 is 0 Å². The molecule has 7 heteroatoms. The van der Waals surface area contributed by atoms with Gasteiger partial charge in [0, 0.05) is 12.6 Å². The van der Waals surface area contributed by atoms with E-state index in [9.17, 15) is 13.2 Å². The number of rotatable bonds is 4. The van der Waals surface area contributed by atoms with Crippen LogP contribution in [0.15, 0.2) is 0 Å². The Morgan fingerprint density at radius 3 is 2.33 bits per heavy atom. The first-order chi connectivity index (χ1) is 8.49. The summed E-state index contributed by atoms with van der Waals surface area (Å²) >= 11 is 0. The third kappa shape index (κ3) is 3.21. The van der Waals surface area contributed by atoms with Gasteiger partial charge in [-0.1, -0.05) is 0 Å². The summed E-state index contributed by atoms with van der Waals surface area (Å²) < 4.78 is 31.8. The van der Waals surface area contributed by atoms with Crippen molar-refractivity contribution in [2.75, 3.05) is 13.2 Å². The van der Waals surface area contributed by atoms with E-state index in [0.29, 0.717) is 38.7 Å². The van der Waals surface area contributed by atoms with Crippen molar-refractivity contribution in [3.8, 4) is 0 Å². The third-order valence-corrected chi connectivity index (χ3v) is 5.65. The molecule has 6 nitrogen and oxygen atoms in total. The SMILES string of the molecule is O=C(O)C1CCC(NS(=O)(=O)C2CCOC2)CC1. The first-order valence-electron chi connectivity index (χ1n) is 6.31. The Bertz CT molecular complexity index is 394. The quantitative estimate of drug-likeness (QED) is 0.773. The smallest absolute Gasteiger partial charge is 0.306 e. The molecule has 0 aromatic carbocycles. The molecule has 0 bridgehead atoms. The van der Waals surface area contributed by atoms with Crippen molar-refractivity contribution in [2.45, 2.75) is 43.4 Å². The molecule has 0 amide bonds. The highest BCUT2D eigenvalue weighted by molar-refractivity contribution is 7.90. The first-order valence-corrected chi connectivity index (χ1v) is 7.85. The summed E-state index contributed by atoms with van der Waals surface area (Å²) in [5.41, 5.74) is 0. The van der Waals surface area contributed by atoms with Gasteiger partial charge in [-0.25, -0.2) is 13.1 Å². The fourth-order valence-electron chi connectivity index (χ4n) is 2.54. The monoisotopic (exact) mass is 277 g/mol. The Hall–Kier alpha value is -0.660. The van der Waals surface area contributed by atoms with E-state index in [2.05, 4.69) is 4.72 Å². The van der Waals surface area contributed by atoms with Crippen LogP contribution in [0.3, 0.4) is 0 Å². The van der Waals surface area contributed by atoms with Crippen LogP contribution in [0.4, 0.5) is 0 Å². The average Bonchev–Trinajstić information content (AvgIpc) is 2.83. The van der Waals surface area contributed by atoms with Crippen molar-refractivity contribution in [3.63, 3.8) is 0 Å². The van der Waals surface area contributed by atoms with Gasteiger partial charge in [-0.3, -0.25) is 4.79 Å². The number of carboxylic acids is 1. The zero-order chi connectivity index (χ0) is 13.2. The fourth-order valence-corrected chi connectivity index (χ4v) is 4.12. The molecular formula is C11H19NO5S. The van der Waals surface area contributed by atoms with Gasteiger partial charge in [-0.2, -0.15) is 0 Å². The second kappa shape index (κ2) is 5.54. The van der Waals surface area contributed by atoms with E-state index < -0.39 is 21.2 Å². The number of nitrogens with one attached hydrogen (secondary N) is 1. The molecule has 0 aromatic rings. The summed E-state index contributed by atoms with van der Waals surface area (Å²) in [7, 11) is -3.32. The zero-order valence-electron chi connectivity index (χ0n) is 10.2. The minimum Gasteiger partial charge on any atom is -0.481 e. The van der Waals surface area contributed by atoms with Gasteiger partial charge in [0.1, 0.15) is 5.25 Å². The Morgan fingerprint density at radius 2 is 1.83 bits per heavy atom. The van der Waals surface area contributed by atoms with Crippen molar-refractivity contribution >= 4 is 16.0 Å². The van der Waals surface area contributed by atoms with Crippen molar-refractivity contribution < 1.29 is 23.1 Å². The number of hydrogen-bond acceptors (Lipinski definition) is 4. The van der Waals surface area contributed by atoms with Gasteiger partial charge in [-0.05, 0) is 32.1 Å². The molecule has 104 valence electrons. The highest BCUT2D eigenvalue weighted by atomic mass is 32.2. The number of aliphatic carboxylic acids is 1. The Balaban J connectivity index is 1.85. The summed E-state index contributed by atoms with van der Waals surface area (Å²) in [5.74, 6) is -1.10. The van der Waals surface area contributed by atoms with Crippen LogP contribution in [0.5, 0.6) is 0 Å². The Labute approximate surface area is 107 Å². The van der Waals surface area contributed by atoms with Gasteiger partial charge in [0.2, 0.25) is 10.0 Å². The lowest BCUT2D eigenvalue weighted by molar-refractivity contribution is -0.142. The lowest BCUT2D eigenvalue weighted by Crippen LogP contribution is -2.43. The van der Waals surface area contributed by atoms with Crippen molar-refractivity contribution in [2.24, 2.45) is 5.92 Å². The van der Waals surface area contributed by atoms with Crippen LogP contribution in [-0.2, 0) is 19.6 Å². The molecule has 0 radical (unpaired) electrons. The summed E-state index contributed by atoms with van der Waals surface area (Å²) in [4.78, 5) is 10.8. The minimum absolute atomic E-state index is 0.119. The fraction of sp³-hybridized carbons (Fsp3) is 0.909. The lowest BCUT2D eigenvalue weighted by Gasteiger charge is -2.27. The summed E-state index contributed by atoms with van der Waals surface area (Å²) in [6, 6.07) is -0.119. The predicted molar refractivity (Wildman–Crippen MR) is 64.7 cm³/mol. The molecule has 1 unspecified atom stereocenters. The number of carbonyl (C=O) groups is 1. The molecule has 1 aliphatic carbocycles. The van der Waals surface area contributed by atoms with Crippen molar-refractivity contribution in [1.82, 2.24) is 4.72 Å². The molecular weight excluding hydrogens is 258 g/mol. The Morgan fingerprint density at radius 1 is 1.17 bits per heavy atom. The summed E-state index contributed by atoms with van der Waals surface area (Å²) in [5, 5.41) is 8.43. The first kappa shape index (κ1) is 13.8. The summed E-state index contributed by atoms with van der Waals surface area (Å²) in [6.07, 6.45) is 2.83. The molecule has 2 aliphatic rings. The van der Waals surface area contributed by atoms with Gasteiger partial charge in [0.05, 0.1) is 12.5 Å². The van der Waals surface area contributed by atoms with Crippen LogP contribution < -0.4 is 4.72 Å². The average molecular weight is 277 g/mol. The Kier molecular flexibility index (Phi) is 4.24. The number of hydrogen-bond donors (Lipinski definition) is 2. The van der Waals surface area contributed by atoms with Gasteiger partial charge >= 0.3 is 5.97 Å². The lowest BCUT2D eigenvalue weighted by atomic mass is 9.87. The zero-order valence-corrected chi connectivity index (χ0v) is 11.0. The molecule has 1 saturated carbocycles. The maximum absolute atomic E-state index is 12.0. The maximum atomic E-state index is 12.0. The number of carboxylic acid groups (broad SMARTS) is 1. The minimum atomic E-state index is -3.32. The van der Waals surface area contributed by atoms with E-state index in [1.807, 2.05) is 0 Å². The normalized spacial score (nSPS) is 33.4. The van der Waals surface area contributed by atoms with Crippen LogP contribution in [-0.4, -0.2) is 44.0 Å². The van der Waals surface area contributed by atoms with Gasteiger partial charge in [0.15, 0.2) is 0 Å². The van der Waals surface area contributed by atoms with Crippen LogP contribution in [0.1, 0.15) is 32.1 Å². The molecule has 1 atom stereocenters. The molecule has 1 heterocycles. The van der Waals surface area contributed by atoms with Crippen LogP contribution in [0, 0.1) is 5.92 Å². The molecule has 1 aliphatic heterocycles. The second-order valence-electron chi connectivity index (χ2n) is 5.04. The third-order valence-electron chi connectivity index (χ3n) is 3.73. The van der Waals surface area contributed by atoms with Gasteiger partial charge in [-0.15, -0.1) is 0 Å². The van der Waals surface area contributed by atoms with E-state index in [1.54, 1.807) is 0 Å².